The Balaban J connectivity index is 1.60. The zero-order valence-corrected chi connectivity index (χ0v) is 14.5. The highest BCUT2D eigenvalue weighted by Gasteiger charge is 2.50. The molecular weight excluding hydrogens is 364 g/mol. The molecule has 2 aliphatic rings. The third-order valence-corrected chi connectivity index (χ3v) is 5.48. The Morgan fingerprint density at radius 3 is 2.56 bits per heavy atom. The Morgan fingerprint density at radius 1 is 1.22 bits per heavy atom. The summed E-state index contributed by atoms with van der Waals surface area (Å²) in [5.41, 5.74) is 0.842. The fourth-order valence-electron chi connectivity index (χ4n) is 4.01. The maximum atomic E-state index is 14.4. The van der Waals surface area contributed by atoms with E-state index in [9.17, 15) is 22.4 Å². The van der Waals surface area contributed by atoms with Crippen LogP contribution >= 0.6 is 0 Å². The SMILES string of the molecule is C[C@H]1[C@@H](C(F)(F)F)CCN1C(=O)c1nc2n(n1)[C@H](c1ccccc1)C[C@@H]2F. The first-order valence-corrected chi connectivity index (χ1v) is 8.80. The van der Waals surface area contributed by atoms with Crippen LogP contribution in [0.3, 0.4) is 0 Å². The van der Waals surface area contributed by atoms with Crippen molar-refractivity contribution in [2.24, 2.45) is 5.92 Å². The average Bonchev–Trinajstić information content (AvgIpc) is 3.29. The molecule has 0 radical (unpaired) electrons. The molecule has 4 rings (SSSR count). The summed E-state index contributed by atoms with van der Waals surface area (Å²) in [5, 5.41) is 4.16. The lowest BCUT2D eigenvalue weighted by Gasteiger charge is -2.25. The van der Waals surface area contributed by atoms with Gasteiger partial charge in [0, 0.05) is 19.0 Å². The maximum Gasteiger partial charge on any atom is 0.393 e. The zero-order chi connectivity index (χ0) is 19.3. The standard InChI is InChI=1S/C18H18F4N4O/c1-10-12(18(20,21)22)7-8-25(10)17(27)15-23-16-13(19)9-14(26(16)24-15)11-5-3-2-4-6-11/h2-6,10,12-14H,7-9H2,1H3/t10-,12-,13-,14-/m0/s1. The van der Waals surface area contributed by atoms with Crippen LogP contribution in [0.4, 0.5) is 17.6 Å². The molecule has 1 fully saturated rings. The minimum absolute atomic E-state index is 0.0186. The Kier molecular flexibility index (Phi) is 4.20. The van der Waals surface area contributed by atoms with Gasteiger partial charge in [0.05, 0.1) is 12.0 Å². The molecule has 1 aromatic heterocycles. The maximum absolute atomic E-state index is 14.4. The fourth-order valence-corrected chi connectivity index (χ4v) is 4.01. The van der Waals surface area contributed by atoms with Gasteiger partial charge in [-0.15, -0.1) is 5.10 Å². The molecule has 0 spiro atoms. The second kappa shape index (κ2) is 6.31. The molecule has 0 saturated carbocycles. The topological polar surface area (TPSA) is 51.0 Å². The summed E-state index contributed by atoms with van der Waals surface area (Å²) in [6, 6.07) is 7.79. The van der Waals surface area contributed by atoms with Gasteiger partial charge in [-0.1, -0.05) is 30.3 Å². The highest BCUT2D eigenvalue weighted by Crippen LogP contribution is 2.41. The fraction of sp³-hybridized carbons (Fsp3) is 0.500. The van der Waals surface area contributed by atoms with Crippen LogP contribution < -0.4 is 0 Å². The van der Waals surface area contributed by atoms with E-state index in [1.807, 2.05) is 30.3 Å². The lowest BCUT2D eigenvalue weighted by molar-refractivity contribution is -0.177. The number of alkyl halides is 4. The first-order valence-electron chi connectivity index (χ1n) is 8.80. The molecule has 3 heterocycles. The van der Waals surface area contributed by atoms with Gasteiger partial charge in [-0.25, -0.2) is 14.1 Å². The largest absolute Gasteiger partial charge is 0.393 e. The molecule has 5 nitrogen and oxygen atoms in total. The molecule has 144 valence electrons. The Labute approximate surface area is 153 Å². The number of benzene rings is 1. The van der Waals surface area contributed by atoms with Crippen molar-refractivity contribution in [3.8, 4) is 0 Å². The number of nitrogens with zero attached hydrogens (tertiary/aromatic N) is 4. The molecule has 0 unspecified atom stereocenters. The predicted molar refractivity (Wildman–Crippen MR) is 87.7 cm³/mol. The van der Waals surface area contributed by atoms with Crippen LogP contribution in [0.15, 0.2) is 30.3 Å². The van der Waals surface area contributed by atoms with Crippen LogP contribution in [-0.4, -0.2) is 44.3 Å². The van der Waals surface area contributed by atoms with Crippen LogP contribution in [0.5, 0.6) is 0 Å². The van der Waals surface area contributed by atoms with Crippen LogP contribution in [-0.2, 0) is 0 Å². The van der Waals surface area contributed by atoms with Crippen molar-refractivity contribution in [1.82, 2.24) is 19.7 Å². The molecule has 0 bridgehead atoms. The van der Waals surface area contributed by atoms with E-state index in [0.29, 0.717) is 0 Å². The third-order valence-electron chi connectivity index (χ3n) is 5.48. The van der Waals surface area contributed by atoms with Crippen LogP contribution in [0.25, 0.3) is 0 Å². The van der Waals surface area contributed by atoms with E-state index in [4.69, 9.17) is 0 Å². The van der Waals surface area contributed by atoms with Gasteiger partial charge in [0.2, 0.25) is 5.82 Å². The van der Waals surface area contributed by atoms with Gasteiger partial charge in [-0.3, -0.25) is 4.79 Å². The molecule has 9 heteroatoms. The van der Waals surface area contributed by atoms with Crippen LogP contribution in [0, 0.1) is 5.92 Å². The Morgan fingerprint density at radius 2 is 1.93 bits per heavy atom. The number of hydrogen-bond donors (Lipinski definition) is 0. The van der Waals surface area contributed by atoms with Gasteiger partial charge in [-0.2, -0.15) is 13.2 Å². The number of likely N-dealkylation sites (tertiary alicyclic amines) is 1. The molecule has 1 amide bonds. The van der Waals surface area contributed by atoms with E-state index in [2.05, 4.69) is 10.1 Å². The molecule has 1 saturated heterocycles. The minimum Gasteiger partial charge on any atom is -0.333 e. The number of carbonyl (C=O) groups excluding carboxylic acids is 1. The van der Waals surface area contributed by atoms with Gasteiger partial charge >= 0.3 is 6.18 Å². The highest BCUT2D eigenvalue weighted by atomic mass is 19.4. The van der Waals surface area contributed by atoms with E-state index in [0.717, 1.165) is 10.5 Å². The van der Waals surface area contributed by atoms with Crippen molar-refractivity contribution in [3.05, 3.63) is 47.5 Å². The molecule has 0 aliphatic carbocycles. The molecule has 4 atom stereocenters. The van der Waals surface area contributed by atoms with Gasteiger partial charge in [0.15, 0.2) is 12.0 Å². The highest BCUT2D eigenvalue weighted by molar-refractivity contribution is 5.91. The van der Waals surface area contributed by atoms with Gasteiger partial charge in [-0.05, 0) is 18.9 Å². The van der Waals surface area contributed by atoms with E-state index >= 15 is 0 Å². The van der Waals surface area contributed by atoms with Crippen molar-refractivity contribution in [3.63, 3.8) is 0 Å². The van der Waals surface area contributed by atoms with E-state index in [1.54, 1.807) is 0 Å². The first kappa shape index (κ1) is 17.9. The van der Waals surface area contributed by atoms with E-state index < -0.39 is 30.2 Å². The monoisotopic (exact) mass is 382 g/mol. The number of amides is 1. The van der Waals surface area contributed by atoms with E-state index in [-0.39, 0.29) is 37.1 Å². The lowest BCUT2D eigenvalue weighted by atomic mass is 10.0. The first-order chi connectivity index (χ1) is 12.8. The summed E-state index contributed by atoms with van der Waals surface area (Å²) >= 11 is 0. The predicted octanol–water partition coefficient (Wildman–Crippen LogP) is 3.69. The normalized spacial score (nSPS) is 27.8. The van der Waals surface area contributed by atoms with Crippen molar-refractivity contribution in [2.75, 3.05) is 6.54 Å². The third kappa shape index (κ3) is 2.98. The van der Waals surface area contributed by atoms with E-state index in [1.165, 1.54) is 11.6 Å². The minimum atomic E-state index is -4.36. The molecule has 27 heavy (non-hydrogen) atoms. The molecule has 2 aromatic rings. The molecule has 1 aromatic carbocycles. The molecule has 2 aliphatic heterocycles. The number of halogens is 4. The Hall–Kier alpha value is -2.45. The summed E-state index contributed by atoms with van der Waals surface area (Å²) < 4.78 is 54.9. The smallest absolute Gasteiger partial charge is 0.333 e. The number of fused-ring (bicyclic) bond motifs is 1. The number of aromatic nitrogens is 3. The summed E-state index contributed by atoms with van der Waals surface area (Å²) in [6.07, 6.45) is -5.71. The molecule has 0 N–H and O–H groups in total. The summed E-state index contributed by atoms with van der Waals surface area (Å²) in [5.74, 6) is -2.45. The second-order valence-corrected chi connectivity index (χ2v) is 7.04. The quantitative estimate of drug-likeness (QED) is 0.745. The number of rotatable bonds is 2. The second-order valence-electron chi connectivity index (χ2n) is 7.04. The van der Waals surface area contributed by atoms with Gasteiger partial charge in [0.1, 0.15) is 0 Å². The van der Waals surface area contributed by atoms with Crippen molar-refractivity contribution >= 4 is 5.91 Å². The summed E-state index contributed by atoms with van der Waals surface area (Å²) in [4.78, 5) is 17.8. The zero-order valence-electron chi connectivity index (χ0n) is 14.5. The lowest BCUT2D eigenvalue weighted by Crippen LogP contribution is -2.40. The Bertz CT molecular complexity index is 851. The van der Waals surface area contributed by atoms with Gasteiger partial charge in [0.25, 0.3) is 5.91 Å². The van der Waals surface area contributed by atoms with Crippen LogP contribution in [0.2, 0.25) is 0 Å². The number of carbonyl (C=O) groups is 1. The summed E-state index contributed by atoms with van der Waals surface area (Å²) in [7, 11) is 0. The van der Waals surface area contributed by atoms with Crippen molar-refractivity contribution < 1.29 is 22.4 Å². The average molecular weight is 382 g/mol. The van der Waals surface area contributed by atoms with Crippen molar-refractivity contribution in [1.29, 1.82) is 0 Å². The van der Waals surface area contributed by atoms with Gasteiger partial charge < -0.3 is 4.90 Å². The number of hydrogen-bond acceptors (Lipinski definition) is 3. The van der Waals surface area contributed by atoms with Crippen LogP contribution in [0.1, 0.15) is 54.0 Å². The summed E-state index contributed by atoms with van der Waals surface area (Å²) in [6.45, 7) is 1.35. The molecular formula is C18H18F4N4O. The van der Waals surface area contributed by atoms with Crippen molar-refractivity contribution in [2.45, 2.75) is 44.2 Å².